The van der Waals surface area contributed by atoms with Crippen LogP contribution in [0.25, 0.3) is 0 Å². The maximum Gasteiger partial charge on any atom is 0.233 e. The largest absolute Gasteiger partial charge is 0.497 e. The molecule has 1 amide bonds. The van der Waals surface area contributed by atoms with Crippen molar-refractivity contribution in [3.8, 4) is 5.75 Å². The quantitative estimate of drug-likeness (QED) is 0.811. The molecule has 0 aromatic heterocycles. The summed E-state index contributed by atoms with van der Waals surface area (Å²) in [6, 6.07) is 8.02. The Morgan fingerprint density at radius 3 is 2.42 bits per heavy atom. The van der Waals surface area contributed by atoms with Crippen molar-refractivity contribution in [2.24, 2.45) is 11.3 Å². The van der Waals surface area contributed by atoms with E-state index >= 15 is 0 Å². The topological polar surface area (TPSA) is 48.0 Å². The third-order valence-corrected chi connectivity index (χ3v) is 6.76. The van der Waals surface area contributed by atoms with Crippen LogP contribution in [-0.2, 0) is 19.7 Å². The first-order valence-electron chi connectivity index (χ1n) is 9.64. The van der Waals surface area contributed by atoms with E-state index in [9.17, 15) is 4.79 Å². The summed E-state index contributed by atoms with van der Waals surface area (Å²) in [7, 11) is 3.43. The van der Waals surface area contributed by atoms with E-state index in [0.29, 0.717) is 11.8 Å². The minimum absolute atomic E-state index is 0.167. The Hall–Kier alpha value is -1.59. The van der Waals surface area contributed by atoms with Crippen LogP contribution >= 0.6 is 0 Å². The van der Waals surface area contributed by atoms with Gasteiger partial charge in [0.05, 0.1) is 19.1 Å². The summed E-state index contributed by atoms with van der Waals surface area (Å²) in [5.41, 5.74) is 0.972. The molecule has 3 aliphatic rings. The third kappa shape index (κ3) is 2.91. The first kappa shape index (κ1) is 17.8. The van der Waals surface area contributed by atoms with E-state index in [1.54, 1.807) is 14.2 Å². The second-order valence-electron chi connectivity index (χ2n) is 8.12. The molecule has 26 heavy (non-hydrogen) atoms. The minimum Gasteiger partial charge on any atom is -0.497 e. The van der Waals surface area contributed by atoms with Crippen molar-refractivity contribution < 1.29 is 19.0 Å². The molecule has 1 atom stereocenters. The van der Waals surface area contributed by atoms with E-state index in [0.717, 1.165) is 69.9 Å². The van der Waals surface area contributed by atoms with E-state index in [1.807, 2.05) is 12.1 Å². The van der Waals surface area contributed by atoms with Gasteiger partial charge in [0.1, 0.15) is 5.75 Å². The van der Waals surface area contributed by atoms with Crippen LogP contribution in [0.15, 0.2) is 24.3 Å². The summed E-state index contributed by atoms with van der Waals surface area (Å²) >= 11 is 0. The Morgan fingerprint density at radius 1 is 1.15 bits per heavy atom. The molecule has 142 valence electrons. The Morgan fingerprint density at radius 2 is 1.85 bits per heavy atom. The summed E-state index contributed by atoms with van der Waals surface area (Å²) in [6.45, 7) is 3.97. The summed E-state index contributed by atoms with van der Waals surface area (Å²) in [6.07, 6.45) is 3.94. The fourth-order valence-electron chi connectivity index (χ4n) is 4.93. The van der Waals surface area contributed by atoms with Crippen LogP contribution in [0.1, 0.15) is 31.2 Å². The molecule has 0 bridgehead atoms. The lowest BCUT2D eigenvalue weighted by Gasteiger charge is -2.37. The van der Waals surface area contributed by atoms with Crippen LogP contribution in [0.5, 0.6) is 5.75 Å². The van der Waals surface area contributed by atoms with E-state index in [2.05, 4.69) is 17.0 Å². The lowest BCUT2D eigenvalue weighted by Crippen LogP contribution is -2.41. The van der Waals surface area contributed by atoms with Gasteiger partial charge in [-0.1, -0.05) is 12.1 Å². The predicted octanol–water partition coefficient (Wildman–Crippen LogP) is 2.63. The second kappa shape index (κ2) is 6.86. The molecule has 2 saturated heterocycles. The number of carbonyl (C=O) groups excluding carboxylic acids is 1. The van der Waals surface area contributed by atoms with Gasteiger partial charge in [0.25, 0.3) is 0 Å². The van der Waals surface area contributed by atoms with Gasteiger partial charge in [-0.15, -0.1) is 0 Å². The average Bonchev–Trinajstić information content (AvgIpc) is 3.43. The van der Waals surface area contributed by atoms with Crippen molar-refractivity contribution in [2.45, 2.75) is 31.1 Å². The van der Waals surface area contributed by atoms with Crippen LogP contribution in [0.3, 0.4) is 0 Å². The summed E-state index contributed by atoms with van der Waals surface area (Å²) in [5.74, 6) is 1.54. The van der Waals surface area contributed by atoms with Gasteiger partial charge >= 0.3 is 0 Å². The predicted molar refractivity (Wildman–Crippen MR) is 98.3 cm³/mol. The summed E-state index contributed by atoms with van der Waals surface area (Å²) < 4.78 is 16.4. The molecule has 1 aliphatic carbocycles. The number of hydrogen-bond donors (Lipinski definition) is 0. The Bertz CT molecular complexity index is 646. The number of hydrogen-bond acceptors (Lipinski definition) is 4. The molecule has 2 aliphatic heterocycles. The van der Waals surface area contributed by atoms with Crippen LogP contribution in [0, 0.1) is 11.3 Å². The van der Waals surface area contributed by atoms with E-state index < -0.39 is 0 Å². The highest BCUT2D eigenvalue weighted by molar-refractivity contribution is 5.91. The Balaban J connectivity index is 1.54. The lowest BCUT2D eigenvalue weighted by atomic mass is 9.72. The van der Waals surface area contributed by atoms with Gasteiger partial charge in [0, 0.05) is 39.3 Å². The van der Waals surface area contributed by atoms with E-state index in [-0.39, 0.29) is 10.8 Å². The molecular formula is C21H29NO4. The SMILES string of the molecule is COC[C@H]1CN(C(=O)C2(c3ccc(OC)cc3)CC2)CC12CCOCC2. The van der Waals surface area contributed by atoms with Crippen molar-refractivity contribution in [1.82, 2.24) is 4.90 Å². The highest BCUT2D eigenvalue weighted by atomic mass is 16.5. The van der Waals surface area contributed by atoms with Gasteiger partial charge in [0.15, 0.2) is 0 Å². The Labute approximate surface area is 155 Å². The van der Waals surface area contributed by atoms with E-state index in [1.165, 1.54) is 0 Å². The number of methoxy groups -OCH3 is 2. The highest BCUT2D eigenvalue weighted by Crippen LogP contribution is 2.52. The molecule has 1 aromatic rings. The van der Waals surface area contributed by atoms with Crippen LogP contribution < -0.4 is 4.74 Å². The average molecular weight is 359 g/mol. The molecule has 0 N–H and O–H groups in total. The Kier molecular flexibility index (Phi) is 4.70. The minimum atomic E-state index is -0.319. The standard InChI is InChI=1S/C21H29NO4/c1-24-14-17-13-22(15-20(17)9-11-26-12-10-20)19(23)21(7-8-21)16-3-5-18(25-2)6-4-16/h3-6,17H,7-15H2,1-2H3/t17-/m1/s1. The molecule has 4 rings (SSSR count). The van der Waals surface area contributed by atoms with E-state index in [4.69, 9.17) is 14.2 Å². The highest BCUT2D eigenvalue weighted by Gasteiger charge is 2.57. The zero-order valence-electron chi connectivity index (χ0n) is 15.8. The number of carbonyl (C=O) groups is 1. The summed E-state index contributed by atoms with van der Waals surface area (Å²) in [4.78, 5) is 15.6. The van der Waals surface area contributed by atoms with Gasteiger partial charge in [-0.3, -0.25) is 4.79 Å². The fraction of sp³-hybridized carbons (Fsp3) is 0.667. The number of rotatable bonds is 5. The smallest absolute Gasteiger partial charge is 0.233 e. The first-order chi connectivity index (χ1) is 12.6. The molecule has 5 heteroatoms. The first-order valence-corrected chi connectivity index (χ1v) is 9.64. The molecule has 3 fully saturated rings. The number of likely N-dealkylation sites (tertiary alicyclic amines) is 1. The van der Waals surface area contributed by atoms with Crippen molar-refractivity contribution in [1.29, 1.82) is 0 Å². The van der Waals surface area contributed by atoms with Gasteiger partial charge < -0.3 is 19.1 Å². The van der Waals surface area contributed by atoms with Crippen molar-refractivity contribution in [2.75, 3.05) is 47.1 Å². The molecule has 1 saturated carbocycles. The van der Waals surface area contributed by atoms with Crippen molar-refractivity contribution in [3.63, 3.8) is 0 Å². The number of benzene rings is 1. The normalized spacial score (nSPS) is 26.1. The zero-order chi connectivity index (χ0) is 18.2. The number of nitrogens with zero attached hydrogens (tertiary/aromatic N) is 1. The van der Waals surface area contributed by atoms with Gasteiger partial charge in [-0.05, 0) is 48.8 Å². The molecule has 1 spiro atoms. The molecular weight excluding hydrogens is 330 g/mol. The molecule has 0 unspecified atom stereocenters. The van der Waals surface area contributed by atoms with Gasteiger partial charge in [0.2, 0.25) is 5.91 Å². The molecule has 1 aromatic carbocycles. The second-order valence-corrected chi connectivity index (χ2v) is 8.12. The van der Waals surface area contributed by atoms with Crippen LogP contribution in [0.4, 0.5) is 0 Å². The molecule has 2 heterocycles. The zero-order valence-corrected chi connectivity index (χ0v) is 15.8. The maximum absolute atomic E-state index is 13.5. The maximum atomic E-state index is 13.5. The van der Waals surface area contributed by atoms with Gasteiger partial charge in [-0.2, -0.15) is 0 Å². The van der Waals surface area contributed by atoms with Crippen LogP contribution in [0.2, 0.25) is 0 Å². The molecule has 0 radical (unpaired) electrons. The van der Waals surface area contributed by atoms with Crippen LogP contribution in [-0.4, -0.2) is 57.9 Å². The number of ether oxygens (including phenoxy) is 3. The fourth-order valence-corrected chi connectivity index (χ4v) is 4.93. The van der Waals surface area contributed by atoms with Crippen molar-refractivity contribution >= 4 is 5.91 Å². The lowest BCUT2D eigenvalue weighted by molar-refractivity contribution is -0.133. The number of amides is 1. The van der Waals surface area contributed by atoms with Crippen molar-refractivity contribution in [3.05, 3.63) is 29.8 Å². The molecule has 5 nitrogen and oxygen atoms in total. The monoisotopic (exact) mass is 359 g/mol. The summed E-state index contributed by atoms with van der Waals surface area (Å²) in [5, 5.41) is 0. The van der Waals surface area contributed by atoms with Gasteiger partial charge in [-0.25, -0.2) is 0 Å². The third-order valence-electron chi connectivity index (χ3n) is 6.76.